The molecule has 0 bridgehead atoms. The van der Waals surface area contributed by atoms with Crippen LogP contribution in [0.25, 0.3) is 11.1 Å². The lowest BCUT2D eigenvalue weighted by molar-refractivity contribution is 0.0947. The Bertz CT molecular complexity index is 1200. The van der Waals surface area contributed by atoms with Gasteiger partial charge in [0.2, 0.25) is 0 Å². The van der Waals surface area contributed by atoms with E-state index in [4.69, 9.17) is 0 Å². The second-order valence-electron chi connectivity index (χ2n) is 8.29. The van der Waals surface area contributed by atoms with Crippen LogP contribution in [0.4, 0.5) is 0 Å². The fourth-order valence-corrected chi connectivity index (χ4v) is 5.08. The molecule has 0 unspecified atom stereocenters. The van der Waals surface area contributed by atoms with Crippen LogP contribution >= 0.6 is 0 Å². The van der Waals surface area contributed by atoms with Crippen LogP contribution in [0.5, 0.6) is 0 Å². The lowest BCUT2D eigenvalue weighted by atomic mass is 9.98. The van der Waals surface area contributed by atoms with Crippen molar-refractivity contribution in [2.75, 3.05) is 19.3 Å². The quantitative estimate of drug-likeness (QED) is 0.586. The van der Waals surface area contributed by atoms with Gasteiger partial charge >= 0.3 is 0 Å². The Morgan fingerprint density at radius 1 is 0.906 bits per heavy atom. The second-order valence-corrected chi connectivity index (χ2v) is 10.3. The SMILES string of the molecule is CS(=O)(=O)c1ccccc1C(=O)NCc1ccccc1-c1ccc(CN2CCCC2)cc1. The number of hydrogen-bond donors (Lipinski definition) is 1. The predicted molar refractivity (Wildman–Crippen MR) is 127 cm³/mol. The molecule has 5 nitrogen and oxygen atoms in total. The van der Waals surface area contributed by atoms with Crippen LogP contribution in [0.15, 0.2) is 77.7 Å². The highest BCUT2D eigenvalue weighted by atomic mass is 32.2. The van der Waals surface area contributed by atoms with Crippen molar-refractivity contribution < 1.29 is 13.2 Å². The first-order valence-corrected chi connectivity index (χ1v) is 12.8. The van der Waals surface area contributed by atoms with Crippen LogP contribution in [-0.4, -0.2) is 38.6 Å². The first-order chi connectivity index (χ1) is 15.4. The number of carbonyl (C=O) groups is 1. The Hall–Kier alpha value is -2.96. The molecule has 0 radical (unpaired) electrons. The van der Waals surface area contributed by atoms with Gasteiger partial charge in [-0.05, 0) is 60.3 Å². The van der Waals surface area contributed by atoms with Gasteiger partial charge in [0.1, 0.15) is 0 Å². The largest absolute Gasteiger partial charge is 0.348 e. The van der Waals surface area contributed by atoms with Gasteiger partial charge in [-0.25, -0.2) is 8.42 Å². The van der Waals surface area contributed by atoms with Crippen molar-refractivity contribution in [3.05, 3.63) is 89.5 Å². The molecule has 3 aromatic carbocycles. The van der Waals surface area contributed by atoms with Crippen LogP contribution in [0.3, 0.4) is 0 Å². The summed E-state index contributed by atoms with van der Waals surface area (Å²) < 4.78 is 24.0. The minimum Gasteiger partial charge on any atom is -0.348 e. The molecule has 0 saturated carbocycles. The minimum absolute atomic E-state index is 0.0411. The maximum absolute atomic E-state index is 12.8. The van der Waals surface area contributed by atoms with Gasteiger partial charge in [0.15, 0.2) is 9.84 Å². The Balaban J connectivity index is 1.49. The highest BCUT2D eigenvalue weighted by molar-refractivity contribution is 7.90. The number of sulfone groups is 1. The summed E-state index contributed by atoms with van der Waals surface area (Å²) in [5, 5.41) is 2.89. The molecule has 0 aromatic heterocycles. The minimum atomic E-state index is -3.49. The topological polar surface area (TPSA) is 66.5 Å². The first kappa shape index (κ1) is 22.2. The predicted octanol–water partition coefficient (Wildman–Crippen LogP) is 4.28. The molecule has 0 spiro atoms. The third kappa shape index (κ3) is 5.26. The van der Waals surface area contributed by atoms with Gasteiger partial charge in [-0.2, -0.15) is 0 Å². The van der Waals surface area contributed by atoms with E-state index in [0.717, 1.165) is 29.5 Å². The zero-order valence-electron chi connectivity index (χ0n) is 18.3. The zero-order valence-corrected chi connectivity index (χ0v) is 19.1. The first-order valence-electron chi connectivity index (χ1n) is 10.9. The average molecular weight is 449 g/mol. The molecule has 1 aliphatic heterocycles. The third-order valence-electron chi connectivity index (χ3n) is 5.86. The summed E-state index contributed by atoms with van der Waals surface area (Å²) >= 11 is 0. The van der Waals surface area contributed by atoms with Crippen LogP contribution < -0.4 is 5.32 Å². The second kappa shape index (κ2) is 9.67. The zero-order chi connectivity index (χ0) is 22.6. The summed E-state index contributed by atoms with van der Waals surface area (Å²) in [6, 6.07) is 22.8. The molecular weight excluding hydrogens is 420 g/mol. The van der Waals surface area contributed by atoms with Crippen molar-refractivity contribution in [3.8, 4) is 11.1 Å². The van der Waals surface area contributed by atoms with Gasteiger partial charge in [-0.1, -0.05) is 60.7 Å². The lowest BCUT2D eigenvalue weighted by Gasteiger charge is -2.15. The molecule has 1 saturated heterocycles. The van der Waals surface area contributed by atoms with Crippen molar-refractivity contribution in [1.82, 2.24) is 10.2 Å². The van der Waals surface area contributed by atoms with Crippen LogP contribution in [0, 0.1) is 0 Å². The van der Waals surface area contributed by atoms with Gasteiger partial charge < -0.3 is 5.32 Å². The van der Waals surface area contributed by atoms with Crippen molar-refractivity contribution in [3.63, 3.8) is 0 Å². The van der Waals surface area contributed by atoms with Gasteiger partial charge in [-0.3, -0.25) is 9.69 Å². The molecule has 32 heavy (non-hydrogen) atoms. The summed E-state index contributed by atoms with van der Waals surface area (Å²) in [7, 11) is -3.49. The standard InChI is InChI=1S/C26H28N2O3S/c1-32(30,31)25-11-5-4-10-24(25)26(29)27-18-22-8-2-3-9-23(22)21-14-12-20(13-15-21)19-28-16-6-7-17-28/h2-5,8-15H,6-7,16-19H2,1H3,(H,27,29). The van der Waals surface area contributed by atoms with Crippen molar-refractivity contribution in [2.24, 2.45) is 0 Å². The number of benzene rings is 3. The summed E-state index contributed by atoms with van der Waals surface area (Å²) in [5.41, 5.74) is 4.59. The van der Waals surface area contributed by atoms with Gasteiger partial charge in [0.05, 0.1) is 10.5 Å². The van der Waals surface area contributed by atoms with E-state index < -0.39 is 15.7 Å². The molecule has 6 heteroatoms. The van der Waals surface area contributed by atoms with E-state index in [1.807, 2.05) is 24.3 Å². The molecule has 1 fully saturated rings. The Labute approximate surface area is 190 Å². The summed E-state index contributed by atoms with van der Waals surface area (Å²) in [4.78, 5) is 15.3. The summed E-state index contributed by atoms with van der Waals surface area (Å²) in [6.07, 6.45) is 3.68. The van der Waals surface area contributed by atoms with Crippen LogP contribution in [0.2, 0.25) is 0 Å². The van der Waals surface area contributed by atoms with Gasteiger partial charge in [0.25, 0.3) is 5.91 Å². The van der Waals surface area contributed by atoms with Crippen LogP contribution in [-0.2, 0) is 22.9 Å². The lowest BCUT2D eigenvalue weighted by Crippen LogP contribution is -2.25. The molecule has 4 rings (SSSR count). The Morgan fingerprint density at radius 2 is 1.56 bits per heavy atom. The number of amides is 1. The summed E-state index contributed by atoms with van der Waals surface area (Å²) in [6.45, 7) is 3.64. The molecule has 1 N–H and O–H groups in total. The van der Waals surface area contributed by atoms with E-state index >= 15 is 0 Å². The molecule has 0 aliphatic carbocycles. The number of carbonyl (C=O) groups excluding carboxylic acids is 1. The third-order valence-corrected chi connectivity index (χ3v) is 7.01. The van der Waals surface area contributed by atoms with E-state index in [1.54, 1.807) is 12.1 Å². The Morgan fingerprint density at radius 3 is 2.28 bits per heavy atom. The molecule has 1 heterocycles. The average Bonchev–Trinajstić information content (AvgIpc) is 3.31. The van der Waals surface area contributed by atoms with Crippen molar-refractivity contribution >= 4 is 15.7 Å². The maximum Gasteiger partial charge on any atom is 0.252 e. The van der Waals surface area contributed by atoms with E-state index in [9.17, 15) is 13.2 Å². The van der Waals surface area contributed by atoms with E-state index in [0.29, 0.717) is 6.54 Å². The molecule has 1 aliphatic rings. The number of rotatable bonds is 7. The van der Waals surface area contributed by atoms with Gasteiger partial charge in [0, 0.05) is 19.3 Å². The molecule has 3 aromatic rings. The van der Waals surface area contributed by atoms with E-state index in [-0.39, 0.29) is 10.5 Å². The fraction of sp³-hybridized carbons (Fsp3) is 0.269. The molecule has 166 valence electrons. The van der Waals surface area contributed by atoms with E-state index in [1.165, 1.54) is 43.6 Å². The van der Waals surface area contributed by atoms with Crippen molar-refractivity contribution in [2.45, 2.75) is 30.8 Å². The fourth-order valence-electron chi connectivity index (χ4n) is 4.19. The normalized spacial score (nSPS) is 14.4. The summed E-state index contributed by atoms with van der Waals surface area (Å²) in [5.74, 6) is -0.401. The molecule has 1 amide bonds. The highest BCUT2D eigenvalue weighted by Crippen LogP contribution is 2.25. The number of nitrogens with zero attached hydrogens (tertiary/aromatic N) is 1. The number of likely N-dealkylation sites (tertiary alicyclic amines) is 1. The van der Waals surface area contributed by atoms with Gasteiger partial charge in [-0.15, -0.1) is 0 Å². The monoisotopic (exact) mass is 448 g/mol. The number of hydrogen-bond acceptors (Lipinski definition) is 4. The molecule has 0 atom stereocenters. The van der Waals surface area contributed by atoms with Crippen LogP contribution in [0.1, 0.15) is 34.3 Å². The van der Waals surface area contributed by atoms with E-state index in [2.05, 4.69) is 34.5 Å². The maximum atomic E-state index is 12.8. The molecular formula is C26H28N2O3S. The Kier molecular flexibility index (Phi) is 6.72. The number of nitrogens with one attached hydrogen (secondary N) is 1. The van der Waals surface area contributed by atoms with Crippen molar-refractivity contribution in [1.29, 1.82) is 0 Å². The highest BCUT2D eigenvalue weighted by Gasteiger charge is 2.18. The smallest absolute Gasteiger partial charge is 0.252 e.